The Balaban J connectivity index is 2.17. The summed E-state index contributed by atoms with van der Waals surface area (Å²) >= 11 is 0.982. The zero-order valence-corrected chi connectivity index (χ0v) is 12.0. The highest BCUT2D eigenvalue weighted by Crippen LogP contribution is 2.18. The minimum absolute atomic E-state index is 0.00846. The number of rotatable bonds is 6. The van der Waals surface area contributed by atoms with Gasteiger partial charge in [-0.15, -0.1) is 11.3 Å². The summed E-state index contributed by atoms with van der Waals surface area (Å²) in [5, 5.41) is 9.70. The van der Waals surface area contributed by atoms with Crippen LogP contribution < -0.4 is 4.72 Å². The largest absolute Gasteiger partial charge is 0.480 e. The number of imidazole rings is 1. The van der Waals surface area contributed by atoms with Gasteiger partial charge in [-0.05, 0) is 6.92 Å². The second-order valence-electron chi connectivity index (χ2n) is 3.99. The van der Waals surface area contributed by atoms with Gasteiger partial charge in [0.1, 0.15) is 6.04 Å². The zero-order valence-electron chi connectivity index (χ0n) is 10.4. The molecule has 2 aromatic rings. The van der Waals surface area contributed by atoms with Gasteiger partial charge in [-0.3, -0.25) is 4.79 Å². The average Bonchev–Trinajstić information content (AvgIpc) is 2.99. The van der Waals surface area contributed by atoms with Gasteiger partial charge in [0.05, 0.1) is 17.5 Å². The lowest BCUT2D eigenvalue weighted by Gasteiger charge is -2.12. The highest BCUT2D eigenvalue weighted by molar-refractivity contribution is 7.91. The first-order valence-corrected chi connectivity index (χ1v) is 7.83. The summed E-state index contributed by atoms with van der Waals surface area (Å²) < 4.78 is 26.3. The van der Waals surface area contributed by atoms with Crippen LogP contribution in [0, 0.1) is 6.92 Å². The van der Waals surface area contributed by atoms with Crippen molar-refractivity contribution >= 4 is 27.3 Å². The molecular weight excluding hydrogens is 304 g/mol. The van der Waals surface area contributed by atoms with Gasteiger partial charge in [-0.25, -0.2) is 18.4 Å². The number of carboxylic acid groups (broad SMARTS) is 1. The molecule has 0 aliphatic heterocycles. The molecule has 3 N–H and O–H groups in total. The fourth-order valence-corrected chi connectivity index (χ4v) is 3.82. The minimum atomic E-state index is -3.90. The lowest BCUT2D eigenvalue weighted by Crippen LogP contribution is -2.42. The summed E-state index contributed by atoms with van der Waals surface area (Å²) in [6.45, 7) is 1.67. The maximum Gasteiger partial charge on any atom is 0.322 e. The molecule has 2 rings (SSSR count). The van der Waals surface area contributed by atoms with E-state index in [0.29, 0.717) is 10.7 Å². The van der Waals surface area contributed by atoms with Crippen LogP contribution in [0.15, 0.2) is 22.9 Å². The first-order valence-electron chi connectivity index (χ1n) is 5.53. The van der Waals surface area contributed by atoms with E-state index in [1.54, 1.807) is 6.92 Å². The fraction of sp³-hybridized carbons (Fsp3) is 0.300. The van der Waals surface area contributed by atoms with Crippen molar-refractivity contribution < 1.29 is 18.3 Å². The Kier molecular flexibility index (Phi) is 4.16. The van der Waals surface area contributed by atoms with Gasteiger partial charge in [0.2, 0.25) is 0 Å². The Bertz CT molecular complexity index is 693. The van der Waals surface area contributed by atoms with Crippen LogP contribution >= 0.6 is 11.3 Å². The van der Waals surface area contributed by atoms with Gasteiger partial charge >= 0.3 is 5.97 Å². The first-order chi connectivity index (χ1) is 9.38. The van der Waals surface area contributed by atoms with Crippen molar-refractivity contribution in [2.24, 2.45) is 0 Å². The number of aromatic nitrogens is 3. The van der Waals surface area contributed by atoms with Gasteiger partial charge < -0.3 is 10.1 Å². The molecule has 0 spiro atoms. The average molecular weight is 316 g/mol. The molecule has 108 valence electrons. The van der Waals surface area contributed by atoms with E-state index in [9.17, 15) is 13.2 Å². The maximum atomic E-state index is 12.1. The molecule has 20 heavy (non-hydrogen) atoms. The van der Waals surface area contributed by atoms with Crippen molar-refractivity contribution in [2.75, 3.05) is 0 Å². The highest BCUT2D eigenvalue weighted by atomic mass is 32.2. The van der Waals surface area contributed by atoms with E-state index in [-0.39, 0.29) is 10.6 Å². The van der Waals surface area contributed by atoms with E-state index in [1.165, 1.54) is 18.7 Å². The number of carboxylic acids is 1. The van der Waals surface area contributed by atoms with Crippen LogP contribution in [0.2, 0.25) is 0 Å². The SMILES string of the molecule is Cc1ncc(S(=O)(=O)NC(Cc2cnc[nH]2)C(=O)O)s1. The molecule has 2 aromatic heterocycles. The molecule has 0 aromatic carbocycles. The van der Waals surface area contributed by atoms with Crippen LogP contribution in [0.1, 0.15) is 10.7 Å². The van der Waals surface area contributed by atoms with E-state index in [2.05, 4.69) is 19.7 Å². The van der Waals surface area contributed by atoms with Gasteiger partial charge in [0.15, 0.2) is 4.21 Å². The van der Waals surface area contributed by atoms with Crippen molar-refractivity contribution in [1.82, 2.24) is 19.7 Å². The molecule has 1 unspecified atom stereocenters. The van der Waals surface area contributed by atoms with Crippen LogP contribution in [0.4, 0.5) is 0 Å². The van der Waals surface area contributed by atoms with Gasteiger partial charge in [-0.1, -0.05) is 0 Å². The van der Waals surface area contributed by atoms with Crippen LogP contribution in [0.25, 0.3) is 0 Å². The monoisotopic (exact) mass is 316 g/mol. The molecule has 0 aliphatic rings. The van der Waals surface area contributed by atoms with Crippen LogP contribution in [0.3, 0.4) is 0 Å². The van der Waals surface area contributed by atoms with Crippen LogP contribution in [-0.2, 0) is 21.2 Å². The molecule has 0 saturated heterocycles. The van der Waals surface area contributed by atoms with Crippen molar-refractivity contribution in [1.29, 1.82) is 0 Å². The van der Waals surface area contributed by atoms with Crippen molar-refractivity contribution in [3.8, 4) is 0 Å². The lowest BCUT2D eigenvalue weighted by molar-refractivity contribution is -0.138. The summed E-state index contributed by atoms with van der Waals surface area (Å²) in [5.74, 6) is -1.26. The summed E-state index contributed by atoms with van der Waals surface area (Å²) in [6.07, 6.45) is 4.03. The number of thiazole rings is 1. The lowest BCUT2D eigenvalue weighted by atomic mass is 10.2. The number of H-pyrrole nitrogens is 1. The molecule has 1 atom stereocenters. The number of sulfonamides is 1. The summed E-state index contributed by atoms with van der Waals surface area (Å²) in [7, 11) is -3.90. The topological polar surface area (TPSA) is 125 Å². The molecule has 10 heteroatoms. The Morgan fingerprint density at radius 3 is 2.80 bits per heavy atom. The normalized spacial score (nSPS) is 13.2. The maximum absolute atomic E-state index is 12.1. The summed E-state index contributed by atoms with van der Waals surface area (Å²) in [4.78, 5) is 21.5. The Labute approximate surface area is 119 Å². The van der Waals surface area contributed by atoms with E-state index >= 15 is 0 Å². The number of nitrogens with zero attached hydrogens (tertiary/aromatic N) is 2. The zero-order chi connectivity index (χ0) is 14.8. The third kappa shape index (κ3) is 3.40. The number of nitrogens with one attached hydrogen (secondary N) is 2. The van der Waals surface area contributed by atoms with Gasteiger partial charge in [0.25, 0.3) is 10.0 Å². The molecule has 8 nitrogen and oxygen atoms in total. The Morgan fingerprint density at radius 1 is 1.55 bits per heavy atom. The molecule has 0 radical (unpaired) electrons. The first kappa shape index (κ1) is 14.6. The van der Waals surface area contributed by atoms with Crippen molar-refractivity contribution in [2.45, 2.75) is 23.6 Å². The minimum Gasteiger partial charge on any atom is -0.480 e. The predicted molar refractivity (Wildman–Crippen MR) is 70.9 cm³/mol. The predicted octanol–water partition coefficient (Wildman–Crippen LogP) is 0.149. The highest BCUT2D eigenvalue weighted by Gasteiger charge is 2.27. The van der Waals surface area contributed by atoms with E-state index in [1.807, 2.05) is 0 Å². The van der Waals surface area contributed by atoms with Crippen LogP contribution in [-0.4, -0.2) is 40.5 Å². The molecular formula is C10H12N4O4S2. The van der Waals surface area contributed by atoms with E-state index in [0.717, 1.165) is 11.3 Å². The Morgan fingerprint density at radius 2 is 2.30 bits per heavy atom. The van der Waals surface area contributed by atoms with E-state index in [4.69, 9.17) is 5.11 Å². The molecule has 0 fully saturated rings. The standard InChI is InChI=1S/C10H12N4O4S2/c1-6-12-4-9(19-6)20(17,18)14-8(10(15)16)2-7-3-11-5-13-7/h3-5,8,14H,2H2,1H3,(H,11,13)(H,15,16). The van der Waals surface area contributed by atoms with Gasteiger partial charge in [-0.2, -0.15) is 4.72 Å². The van der Waals surface area contributed by atoms with Crippen molar-refractivity contribution in [3.63, 3.8) is 0 Å². The number of carbonyl (C=O) groups is 1. The molecule has 0 saturated carbocycles. The molecule has 0 bridgehead atoms. The Hall–Kier alpha value is -1.78. The summed E-state index contributed by atoms with van der Waals surface area (Å²) in [5.41, 5.74) is 0.528. The number of aromatic amines is 1. The molecule has 2 heterocycles. The third-order valence-electron chi connectivity index (χ3n) is 2.44. The quantitative estimate of drug-likeness (QED) is 0.696. The van der Waals surface area contributed by atoms with Crippen molar-refractivity contribution in [3.05, 3.63) is 29.4 Å². The van der Waals surface area contributed by atoms with Crippen LogP contribution in [0.5, 0.6) is 0 Å². The molecule has 0 amide bonds. The second kappa shape index (κ2) is 5.69. The fourth-order valence-electron chi connectivity index (χ4n) is 1.51. The molecule has 0 aliphatic carbocycles. The smallest absolute Gasteiger partial charge is 0.322 e. The number of aryl methyl sites for hydroxylation is 1. The van der Waals surface area contributed by atoms with Gasteiger partial charge in [0, 0.05) is 18.3 Å². The second-order valence-corrected chi connectivity index (χ2v) is 7.17. The number of hydrogen-bond acceptors (Lipinski definition) is 6. The summed E-state index contributed by atoms with van der Waals surface area (Å²) in [6, 6.07) is -1.28. The van der Waals surface area contributed by atoms with E-state index < -0.39 is 22.0 Å². The third-order valence-corrected chi connectivity index (χ3v) is 5.28. The number of hydrogen-bond donors (Lipinski definition) is 3. The number of aliphatic carboxylic acids is 1.